The number of rotatable bonds is 8. The molecule has 0 radical (unpaired) electrons. The Balaban J connectivity index is 1.12. The van der Waals surface area contributed by atoms with Crippen LogP contribution in [0.5, 0.6) is 0 Å². The molecule has 6 rings (SSSR count). The number of fused-ring (bicyclic) bond motifs is 1. The molecule has 3 fully saturated rings. The first-order valence-corrected chi connectivity index (χ1v) is 14.3. The molecule has 2 saturated heterocycles. The zero-order valence-electron chi connectivity index (χ0n) is 23.5. The fraction of sp³-hybridized carbons (Fsp3) is 0.586. The smallest absolute Gasteiger partial charge is 0.264 e. The first kappa shape index (κ1) is 26.9. The molecule has 3 aromatic rings. The predicted octanol–water partition coefficient (Wildman–Crippen LogP) is 1.50. The number of hydrogen-bond acceptors (Lipinski definition) is 8. The number of likely N-dealkylation sites (tertiary alicyclic amines) is 1. The van der Waals surface area contributed by atoms with E-state index in [1.54, 1.807) is 18.0 Å². The highest BCUT2D eigenvalue weighted by Crippen LogP contribution is 2.47. The molecular formula is C29H39N7O4. The van der Waals surface area contributed by atoms with Crippen LogP contribution < -0.4 is 10.5 Å². The van der Waals surface area contributed by atoms with Gasteiger partial charge < -0.3 is 19.6 Å². The topological polar surface area (TPSA) is 109 Å². The number of aliphatic hydroxyl groups is 1. The molecule has 0 atom stereocenters. The van der Waals surface area contributed by atoms with Gasteiger partial charge in [-0.1, -0.05) is 6.92 Å². The minimum atomic E-state index is -1.05. The Bertz CT molecular complexity index is 1410. The van der Waals surface area contributed by atoms with Crippen LogP contribution >= 0.6 is 0 Å². The van der Waals surface area contributed by atoms with Crippen LogP contribution in [-0.4, -0.2) is 105 Å². The maximum absolute atomic E-state index is 13.3. The SMILES string of the molecule is COCCN1CCN(c2ccc(-n3ncc4c(=O)n(CC5(O)CCN(C(=O)C6(C)CC6)CC5)cnc43)cc2)CC1. The average Bonchev–Trinajstić information content (AvgIpc) is 3.58. The van der Waals surface area contributed by atoms with Crippen LogP contribution in [0.15, 0.2) is 41.6 Å². The molecule has 4 heterocycles. The van der Waals surface area contributed by atoms with Gasteiger partial charge in [0.25, 0.3) is 5.56 Å². The second-order valence-electron chi connectivity index (χ2n) is 11.9. The van der Waals surface area contributed by atoms with E-state index in [-0.39, 0.29) is 23.4 Å². The lowest BCUT2D eigenvalue weighted by atomic mass is 9.90. The van der Waals surface area contributed by atoms with Gasteiger partial charge in [-0.05, 0) is 49.9 Å². The quantitative estimate of drug-likeness (QED) is 0.451. The number of carbonyl (C=O) groups is 1. The van der Waals surface area contributed by atoms with Gasteiger partial charge in [-0.15, -0.1) is 0 Å². The van der Waals surface area contributed by atoms with E-state index in [2.05, 4.69) is 32.0 Å². The summed E-state index contributed by atoms with van der Waals surface area (Å²) < 4.78 is 8.36. The molecule has 1 aliphatic carbocycles. The summed E-state index contributed by atoms with van der Waals surface area (Å²) in [5.41, 5.74) is 1.00. The van der Waals surface area contributed by atoms with Crippen LogP contribution in [-0.2, 0) is 16.1 Å². The van der Waals surface area contributed by atoms with E-state index in [1.165, 1.54) is 10.9 Å². The summed E-state index contributed by atoms with van der Waals surface area (Å²) in [6.07, 6.45) is 5.81. The zero-order chi connectivity index (χ0) is 27.9. The Morgan fingerprint density at radius 2 is 1.68 bits per heavy atom. The van der Waals surface area contributed by atoms with Gasteiger partial charge >= 0.3 is 0 Å². The van der Waals surface area contributed by atoms with Crippen molar-refractivity contribution in [2.75, 3.05) is 64.4 Å². The second-order valence-corrected chi connectivity index (χ2v) is 11.9. The van der Waals surface area contributed by atoms with E-state index < -0.39 is 5.60 Å². The number of piperazine rings is 1. The van der Waals surface area contributed by atoms with E-state index in [4.69, 9.17) is 4.74 Å². The molecule has 1 amide bonds. The van der Waals surface area contributed by atoms with Gasteiger partial charge in [0.15, 0.2) is 5.65 Å². The van der Waals surface area contributed by atoms with Crippen molar-refractivity contribution >= 4 is 22.6 Å². The lowest BCUT2D eigenvalue weighted by molar-refractivity contribution is -0.141. The first-order valence-electron chi connectivity index (χ1n) is 14.3. The molecule has 1 saturated carbocycles. The van der Waals surface area contributed by atoms with E-state index in [9.17, 15) is 14.7 Å². The minimum Gasteiger partial charge on any atom is -0.388 e. The van der Waals surface area contributed by atoms with Gasteiger partial charge in [0.1, 0.15) is 11.7 Å². The van der Waals surface area contributed by atoms with E-state index in [0.29, 0.717) is 37.0 Å². The number of nitrogens with zero attached hydrogens (tertiary/aromatic N) is 7. The molecule has 3 aliphatic rings. The number of methoxy groups -OCH3 is 1. The molecule has 0 spiro atoms. The highest BCUT2D eigenvalue weighted by Gasteiger charge is 2.48. The molecule has 2 aromatic heterocycles. The maximum Gasteiger partial charge on any atom is 0.264 e. The third-order valence-corrected chi connectivity index (χ3v) is 8.96. The van der Waals surface area contributed by atoms with Crippen molar-refractivity contribution in [3.8, 4) is 5.69 Å². The van der Waals surface area contributed by atoms with Crippen LogP contribution in [0.4, 0.5) is 5.69 Å². The number of ether oxygens (including phenoxy) is 1. The van der Waals surface area contributed by atoms with Crippen LogP contribution in [0.2, 0.25) is 0 Å². The van der Waals surface area contributed by atoms with Crippen LogP contribution in [0.25, 0.3) is 16.7 Å². The van der Waals surface area contributed by atoms with Gasteiger partial charge in [-0.2, -0.15) is 5.10 Å². The summed E-state index contributed by atoms with van der Waals surface area (Å²) in [4.78, 5) is 37.2. The Morgan fingerprint density at radius 3 is 2.33 bits per heavy atom. The van der Waals surface area contributed by atoms with E-state index in [1.807, 2.05) is 24.0 Å². The summed E-state index contributed by atoms with van der Waals surface area (Å²) >= 11 is 0. The third kappa shape index (κ3) is 5.25. The Morgan fingerprint density at radius 1 is 1.00 bits per heavy atom. The Kier molecular flexibility index (Phi) is 7.14. The van der Waals surface area contributed by atoms with Crippen LogP contribution in [0.1, 0.15) is 32.6 Å². The highest BCUT2D eigenvalue weighted by molar-refractivity contribution is 5.85. The number of benzene rings is 1. The number of anilines is 1. The van der Waals surface area contributed by atoms with Crippen molar-refractivity contribution < 1.29 is 14.6 Å². The van der Waals surface area contributed by atoms with Crippen molar-refractivity contribution in [2.24, 2.45) is 5.41 Å². The largest absolute Gasteiger partial charge is 0.388 e. The average molecular weight is 550 g/mol. The van der Waals surface area contributed by atoms with Gasteiger partial charge in [-0.25, -0.2) is 9.67 Å². The molecule has 0 bridgehead atoms. The summed E-state index contributed by atoms with van der Waals surface area (Å²) in [6.45, 7) is 8.84. The molecular weight excluding hydrogens is 510 g/mol. The van der Waals surface area contributed by atoms with Gasteiger partial charge in [0.2, 0.25) is 5.91 Å². The van der Waals surface area contributed by atoms with Crippen molar-refractivity contribution in [2.45, 2.75) is 44.8 Å². The summed E-state index contributed by atoms with van der Waals surface area (Å²) in [6, 6.07) is 8.19. The normalized spacial score (nSPS) is 20.7. The van der Waals surface area contributed by atoms with Gasteiger partial charge in [-0.3, -0.25) is 19.1 Å². The maximum atomic E-state index is 13.3. The second kappa shape index (κ2) is 10.6. The van der Waals surface area contributed by atoms with Crippen molar-refractivity contribution in [3.63, 3.8) is 0 Å². The van der Waals surface area contributed by atoms with Crippen LogP contribution in [0.3, 0.4) is 0 Å². The summed E-state index contributed by atoms with van der Waals surface area (Å²) in [5.74, 6) is 0.191. The monoisotopic (exact) mass is 549 g/mol. The number of piperidine rings is 1. The standard InChI is InChI=1S/C29H39N7O4/c1-28(7-8-28)27(38)34-11-9-29(39,10-12-34)20-35-21-30-25-24(26(35)37)19-31-36(25)23-5-3-22(4-6-23)33-15-13-32(14-16-33)17-18-40-2/h3-6,19,21,39H,7-18,20H2,1-2H3. The Labute approximate surface area is 233 Å². The minimum absolute atomic E-state index is 0.146. The fourth-order valence-corrected chi connectivity index (χ4v) is 5.89. The Hall–Kier alpha value is -3.28. The molecule has 2 aliphatic heterocycles. The molecule has 11 nitrogen and oxygen atoms in total. The van der Waals surface area contributed by atoms with Crippen LogP contribution in [0, 0.1) is 5.41 Å². The first-order chi connectivity index (χ1) is 19.3. The molecule has 0 unspecified atom stereocenters. The van der Waals surface area contributed by atoms with Crippen molar-refractivity contribution in [1.29, 1.82) is 0 Å². The number of hydrogen-bond donors (Lipinski definition) is 1. The third-order valence-electron chi connectivity index (χ3n) is 8.96. The van der Waals surface area contributed by atoms with E-state index in [0.717, 1.165) is 63.5 Å². The van der Waals surface area contributed by atoms with E-state index >= 15 is 0 Å². The van der Waals surface area contributed by atoms with Crippen molar-refractivity contribution in [3.05, 3.63) is 47.1 Å². The highest BCUT2D eigenvalue weighted by atomic mass is 16.5. The molecule has 1 N–H and O–H groups in total. The summed E-state index contributed by atoms with van der Waals surface area (Å²) in [5, 5.41) is 16.1. The number of amides is 1. The van der Waals surface area contributed by atoms with Crippen molar-refractivity contribution in [1.82, 2.24) is 29.1 Å². The fourth-order valence-electron chi connectivity index (χ4n) is 5.89. The predicted molar refractivity (Wildman–Crippen MR) is 152 cm³/mol. The lowest BCUT2D eigenvalue weighted by Crippen LogP contribution is -2.51. The summed E-state index contributed by atoms with van der Waals surface area (Å²) in [7, 11) is 1.74. The number of aromatic nitrogens is 4. The molecule has 40 heavy (non-hydrogen) atoms. The zero-order valence-corrected chi connectivity index (χ0v) is 23.5. The molecule has 214 valence electrons. The van der Waals surface area contributed by atoms with Gasteiger partial charge in [0, 0.05) is 64.0 Å². The lowest BCUT2D eigenvalue weighted by Gasteiger charge is -2.39. The molecule has 1 aromatic carbocycles. The number of carbonyl (C=O) groups excluding carboxylic acids is 1. The molecule has 11 heteroatoms. The van der Waals surface area contributed by atoms with Gasteiger partial charge in [0.05, 0.1) is 30.6 Å².